The highest BCUT2D eigenvalue weighted by Gasteiger charge is 2.25. The monoisotopic (exact) mass is 245 g/mol. The Morgan fingerprint density at radius 3 is 2.69 bits per heavy atom. The number of nitrogens with zero attached hydrogens (tertiary/aromatic N) is 1. The van der Waals surface area contributed by atoms with Gasteiger partial charge >= 0.3 is 5.97 Å². The van der Waals surface area contributed by atoms with Crippen LogP contribution in [0.2, 0.25) is 0 Å². The van der Waals surface area contributed by atoms with Gasteiger partial charge in [-0.3, -0.25) is 4.79 Å². The van der Waals surface area contributed by atoms with Gasteiger partial charge in [0.05, 0.1) is 12.5 Å². The first-order valence-corrected chi connectivity index (χ1v) is 7.55. The number of hydrogen-bond acceptors (Lipinski definition) is 4. The number of rotatable bonds is 6. The van der Waals surface area contributed by atoms with Gasteiger partial charge in [-0.2, -0.15) is 11.8 Å². The molecule has 1 saturated heterocycles. The van der Waals surface area contributed by atoms with Gasteiger partial charge in [-0.15, -0.1) is 0 Å². The van der Waals surface area contributed by atoms with Crippen molar-refractivity contribution in [3.8, 4) is 0 Å². The lowest BCUT2D eigenvalue weighted by Crippen LogP contribution is -2.37. The smallest absolute Gasteiger partial charge is 0.309 e. The summed E-state index contributed by atoms with van der Waals surface area (Å²) in [7, 11) is 0. The third kappa shape index (κ3) is 4.74. The molecular formula is C12H23NO2S. The van der Waals surface area contributed by atoms with Gasteiger partial charge in [0.25, 0.3) is 0 Å². The number of carbonyl (C=O) groups excluding carboxylic acids is 1. The maximum absolute atomic E-state index is 11.5. The lowest BCUT2D eigenvalue weighted by molar-refractivity contribution is -0.149. The van der Waals surface area contributed by atoms with E-state index in [-0.39, 0.29) is 11.9 Å². The van der Waals surface area contributed by atoms with Crippen molar-refractivity contribution in [3.63, 3.8) is 0 Å². The van der Waals surface area contributed by atoms with Crippen LogP contribution >= 0.6 is 11.8 Å². The number of piperidine rings is 1. The van der Waals surface area contributed by atoms with Crippen LogP contribution in [-0.4, -0.2) is 49.1 Å². The molecule has 0 N–H and O–H groups in total. The SMILES string of the molecule is CCOC(=O)C1CCN(CCCSC)CC1. The molecule has 0 amide bonds. The highest BCUT2D eigenvalue weighted by Crippen LogP contribution is 2.18. The van der Waals surface area contributed by atoms with Crippen LogP contribution in [-0.2, 0) is 9.53 Å². The second-order valence-corrected chi connectivity index (χ2v) is 5.20. The fourth-order valence-corrected chi connectivity index (χ4v) is 2.50. The van der Waals surface area contributed by atoms with E-state index in [1.165, 1.54) is 18.7 Å². The number of thioether (sulfide) groups is 1. The normalized spacial score (nSPS) is 18.6. The van der Waals surface area contributed by atoms with Crippen LogP contribution < -0.4 is 0 Å². The molecular weight excluding hydrogens is 222 g/mol. The van der Waals surface area contributed by atoms with E-state index < -0.39 is 0 Å². The fraction of sp³-hybridized carbons (Fsp3) is 0.917. The van der Waals surface area contributed by atoms with Gasteiger partial charge in [0, 0.05) is 0 Å². The molecule has 4 heteroatoms. The van der Waals surface area contributed by atoms with Crippen molar-refractivity contribution < 1.29 is 9.53 Å². The molecule has 0 aromatic rings. The minimum Gasteiger partial charge on any atom is -0.466 e. The van der Waals surface area contributed by atoms with Gasteiger partial charge in [0.1, 0.15) is 0 Å². The Morgan fingerprint density at radius 1 is 1.44 bits per heavy atom. The predicted octanol–water partition coefficient (Wildman–Crippen LogP) is 2.01. The minimum atomic E-state index is 0.00580. The van der Waals surface area contributed by atoms with Crippen LogP contribution in [0.25, 0.3) is 0 Å². The molecule has 3 nitrogen and oxygen atoms in total. The van der Waals surface area contributed by atoms with Crippen LogP contribution in [0.3, 0.4) is 0 Å². The molecule has 1 heterocycles. The maximum atomic E-state index is 11.5. The summed E-state index contributed by atoms with van der Waals surface area (Å²) in [5.41, 5.74) is 0. The van der Waals surface area contributed by atoms with Gasteiger partial charge in [0.15, 0.2) is 0 Å². The van der Waals surface area contributed by atoms with Crippen molar-refractivity contribution in [3.05, 3.63) is 0 Å². The van der Waals surface area contributed by atoms with E-state index in [4.69, 9.17) is 4.74 Å². The van der Waals surface area contributed by atoms with Crippen molar-refractivity contribution in [1.29, 1.82) is 0 Å². The molecule has 0 aromatic carbocycles. The zero-order chi connectivity index (χ0) is 11.8. The Morgan fingerprint density at radius 2 is 2.12 bits per heavy atom. The Hall–Kier alpha value is -0.220. The number of esters is 1. The highest BCUT2D eigenvalue weighted by molar-refractivity contribution is 7.98. The summed E-state index contributed by atoms with van der Waals surface area (Å²) in [5.74, 6) is 1.39. The molecule has 16 heavy (non-hydrogen) atoms. The van der Waals surface area contributed by atoms with Crippen LogP contribution in [0.15, 0.2) is 0 Å². The summed E-state index contributed by atoms with van der Waals surface area (Å²) >= 11 is 1.90. The van der Waals surface area contributed by atoms with Crippen LogP contribution in [0.4, 0.5) is 0 Å². The first kappa shape index (κ1) is 13.8. The zero-order valence-corrected chi connectivity index (χ0v) is 11.2. The summed E-state index contributed by atoms with van der Waals surface area (Å²) in [4.78, 5) is 14.0. The van der Waals surface area contributed by atoms with Gasteiger partial charge in [-0.05, 0) is 57.8 Å². The molecule has 0 unspecified atom stereocenters. The quantitative estimate of drug-likeness (QED) is 0.529. The molecule has 1 fully saturated rings. The van der Waals surface area contributed by atoms with E-state index in [2.05, 4.69) is 11.2 Å². The summed E-state index contributed by atoms with van der Waals surface area (Å²) in [6, 6.07) is 0. The first-order valence-electron chi connectivity index (χ1n) is 6.15. The Bertz CT molecular complexity index is 203. The molecule has 0 aliphatic carbocycles. The summed E-state index contributed by atoms with van der Waals surface area (Å²) in [6.45, 7) is 5.66. The van der Waals surface area contributed by atoms with Crippen molar-refractivity contribution in [1.82, 2.24) is 4.90 Å². The van der Waals surface area contributed by atoms with Crippen molar-refractivity contribution in [2.24, 2.45) is 5.92 Å². The number of hydrogen-bond donors (Lipinski definition) is 0. The van der Waals surface area contributed by atoms with E-state index in [0.29, 0.717) is 6.61 Å². The van der Waals surface area contributed by atoms with Crippen LogP contribution in [0.5, 0.6) is 0 Å². The van der Waals surface area contributed by atoms with Gasteiger partial charge in [0.2, 0.25) is 0 Å². The topological polar surface area (TPSA) is 29.5 Å². The lowest BCUT2D eigenvalue weighted by atomic mass is 9.97. The van der Waals surface area contributed by atoms with Crippen molar-refractivity contribution in [2.45, 2.75) is 26.2 Å². The average molecular weight is 245 g/mol. The third-order valence-electron chi connectivity index (χ3n) is 3.03. The van der Waals surface area contributed by atoms with Crippen LogP contribution in [0.1, 0.15) is 26.2 Å². The Labute approximate surface area is 103 Å². The van der Waals surface area contributed by atoms with E-state index in [1.54, 1.807) is 0 Å². The Kier molecular flexibility index (Phi) is 6.88. The van der Waals surface area contributed by atoms with E-state index >= 15 is 0 Å². The molecule has 0 saturated carbocycles. The lowest BCUT2D eigenvalue weighted by Gasteiger charge is -2.30. The summed E-state index contributed by atoms with van der Waals surface area (Å²) in [6.07, 6.45) is 5.34. The van der Waals surface area contributed by atoms with Gasteiger partial charge < -0.3 is 9.64 Å². The minimum absolute atomic E-state index is 0.00580. The average Bonchev–Trinajstić information content (AvgIpc) is 2.30. The number of ether oxygens (including phenoxy) is 1. The second kappa shape index (κ2) is 7.96. The zero-order valence-electron chi connectivity index (χ0n) is 10.4. The Balaban J connectivity index is 2.15. The highest BCUT2D eigenvalue weighted by atomic mass is 32.2. The molecule has 94 valence electrons. The van der Waals surface area contributed by atoms with E-state index in [0.717, 1.165) is 25.9 Å². The van der Waals surface area contributed by atoms with Crippen LogP contribution in [0, 0.1) is 5.92 Å². The molecule has 0 radical (unpaired) electrons. The largest absolute Gasteiger partial charge is 0.466 e. The summed E-state index contributed by atoms with van der Waals surface area (Å²) < 4.78 is 5.05. The molecule has 1 aliphatic rings. The van der Waals surface area contributed by atoms with E-state index in [9.17, 15) is 4.79 Å². The third-order valence-corrected chi connectivity index (χ3v) is 3.73. The standard InChI is InChI=1S/C12H23NO2S/c1-3-15-12(14)11-5-8-13(9-6-11)7-4-10-16-2/h11H,3-10H2,1-2H3. The molecule has 0 bridgehead atoms. The van der Waals surface area contributed by atoms with Gasteiger partial charge in [-0.25, -0.2) is 0 Å². The molecule has 0 atom stereocenters. The van der Waals surface area contributed by atoms with Crippen molar-refractivity contribution in [2.75, 3.05) is 38.2 Å². The maximum Gasteiger partial charge on any atom is 0.309 e. The first-order chi connectivity index (χ1) is 7.77. The van der Waals surface area contributed by atoms with Crippen molar-refractivity contribution >= 4 is 17.7 Å². The molecule has 0 spiro atoms. The van der Waals surface area contributed by atoms with E-state index in [1.807, 2.05) is 18.7 Å². The second-order valence-electron chi connectivity index (χ2n) is 4.21. The predicted molar refractivity (Wildman–Crippen MR) is 68.8 cm³/mol. The molecule has 1 aliphatic heterocycles. The fourth-order valence-electron chi connectivity index (χ4n) is 2.08. The number of carbonyl (C=O) groups is 1. The molecule has 0 aromatic heterocycles. The molecule has 1 rings (SSSR count). The van der Waals surface area contributed by atoms with Gasteiger partial charge in [-0.1, -0.05) is 0 Å². The number of likely N-dealkylation sites (tertiary alicyclic amines) is 1. The summed E-state index contributed by atoms with van der Waals surface area (Å²) in [5, 5.41) is 0.